The van der Waals surface area contributed by atoms with E-state index in [9.17, 15) is 13.2 Å². The van der Waals surface area contributed by atoms with Gasteiger partial charge in [-0.05, 0) is 30.2 Å². The Morgan fingerprint density at radius 1 is 1.04 bits per heavy atom. The maximum Gasteiger partial charge on any atom is 0.336 e. The van der Waals surface area contributed by atoms with Crippen molar-refractivity contribution >= 4 is 26.7 Å². The van der Waals surface area contributed by atoms with Crippen LogP contribution in [-0.2, 0) is 15.8 Å². The lowest BCUT2D eigenvalue weighted by atomic mass is 10.1. The highest BCUT2D eigenvalue weighted by atomic mass is 32.2. The topological polar surface area (TPSA) is 76.4 Å². The highest BCUT2D eigenvalue weighted by Crippen LogP contribution is 2.22. The van der Waals surface area contributed by atoms with Crippen LogP contribution >= 0.6 is 0 Å². The molecule has 0 fully saturated rings. The molecule has 118 valence electrons. The molecule has 0 spiro atoms. The molecule has 0 aliphatic heterocycles. The van der Waals surface area contributed by atoms with E-state index in [0.29, 0.717) is 16.8 Å². The summed E-state index contributed by atoms with van der Waals surface area (Å²) in [5.41, 5.74) is 1.74. The minimum atomic E-state index is -3.55. The summed E-state index contributed by atoms with van der Waals surface area (Å²) in [6, 6.07) is 15.2. The normalized spacial score (nSPS) is 11.5. The summed E-state index contributed by atoms with van der Waals surface area (Å²) in [6.07, 6.45) is 0. The molecular weight excluding hydrogens is 314 g/mol. The molecule has 0 saturated carbocycles. The SMILES string of the molecule is Cc1cc(=O)oc2cc(NS(=O)(=O)Cc3ccccc3)ccc12. The number of benzene rings is 2. The molecule has 3 aromatic rings. The predicted octanol–water partition coefficient (Wildman–Crippen LogP) is 3.04. The number of aryl methyl sites for hydroxylation is 1. The van der Waals surface area contributed by atoms with Crippen molar-refractivity contribution in [2.75, 3.05) is 4.72 Å². The van der Waals surface area contributed by atoms with Crippen molar-refractivity contribution in [3.05, 3.63) is 76.1 Å². The van der Waals surface area contributed by atoms with Gasteiger partial charge in [0.25, 0.3) is 0 Å². The molecule has 0 atom stereocenters. The third-order valence-electron chi connectivity index (χ3n) is 3.42. The van der Waals surface area contributed by atoms with E-state index in [4.69, 9.17) is 4.42 Å². The number of hydrogen-bond acceptors (Lipinski definition) is 4. The highest BCUT2D eigenvalue weighted by Gasteiger charge is 2.12. The van der Waals surface area contributed by atoms with Crippen LogP contribution in [0.25, 0.3) is 11.0 Å². The van der Waals surface area contributed by atoms with Gasteiger partial charge in [0, 0.05) is 17.5 Å². The fourth-order valence-corrected chi connectivity index (χ4v) is 3.59. The van der Waals surface area contributed by atoms with Crippen LogP contribution in [0.15, 0.2) is 63.8 Å². The monoisotopic (exact) mass is 329 g/mol. The number of fused-ring (bicyclic) bond motifs is 1. The van der Waals surface area contributed by atoms with Crippen LogP contribution in [0.4, 0.5) is 5.69 Å². The summed E-state index contributed by atoms with van der Waals surface area (Å²) in [7, 11) is -3.55. The lowest BCUT2D eigenvalue weighted by molar-refractivity contribution is 0.560. The van der Waals surface area contributed by atoms with E-state index >= 15 is 0 Å². The lowest BCUT2D eigenvalue weighted by Crippen LogP contribution is -2.15. The quantitative estimate of drug-likeness (QED) is 0.746. The second kappa shape index (κ2) is 5.89. The first-order valence-corrected chi connectivity index (χ1v) is 8.67. The molecule has 0 radical (unpaired) electrons. The third-order valence-corrected chi connectivity index (χ3v) is 4.68. The zero-order valence-corrected chi connectivity index (χ0v) is 13.3. The van der Waals surface area contributed by atoms with E-state index in [1.807, 2.05) is 6.07 Å². The van der Waals surface area contributed by atoms with E-state index in [-0.39, 0.29) is 5.75 Å². The average Bonchev–Trinajstić information content (AvgIpc) is 2.46. The first-order valence-electron chi connectivity index (χ1n) is 7.02. The molecule has 1 aromatic heterocycles. The van der Waals surface area contributed by atoms with E-state index in [0.717, 1.165) is 10.9 Å². The van der Waals surface area contributed by atoms with Gasteiger partial charge in [-0.2, -0.15) is 0 Å². The molecule has 3 rings (SSSR count). The number of nitrogens with one attached hydrogen (secondary N) is 1. The van der Waals surface area contributed by atoms with E-state index in [1.165, 1.54) is 12.1 Å². The number of sulfonamides is 1. The first kappa shape index (κ1) is 15.3. The Morgan fingerprint density at radius 2 is 1.78 bits per heavy atom. The minimum absolute atomic E-state index is 0.121. The van der Waals surface area contributed by atoms with Crippen LogP contribution in [0.2, 0.25) is 0 Å². The molecular formula is C17H15NO4S. The van der Waals surface area contributed by atoms with Crippen LogP contribution in [0, 0.1) is 6.92 Å². The number of hydrogen-bond donors (Lipinski definition) is 1. The summed E-state index contributed by atoms with van der Waals surface area (Å²) < 4.78 is 32.1. The molecule has 0 unspecified atom stereocenters. The van der Waals surface area contributed by atoms with Crippen molar-refractivity contribution in [3.63, 3.8) is 0 Å². The minimum Gasteiger partial charge on any atom is -0.423 e. The lowest BCUT2D eigenvalue weighted by Gasteiger charge is -2.09. The van der Waals surface area contributed by atoms with E-state index in [1.54, 1.807) is 43.3 Å². The Hall–Kier alpha value is -2.60. The number of rotatable bonds is 4. The second-order valence-corrected chi connectivity index (χ2v) is 7.03. The standard InChI is InChI=1S/C17H15NO4S/c1-12-9-17(19)22-16-10-14(7-8-15(12)16)18-23(20,21)11-13-5-3-2-4-6-13/h2-10,18H,11H2,1H3. The van der Waals surface area contributed by atoms with Crippen molar-refractivity contribution in [2.24, 2.45) is 0 Å². The Morgan fingerprint density at radius 3 is 2.52 bits per heavy atom. The van der Waals surface area contributed by atoms with Crippen molar-refractivity contribution in [1.82, 2.24) is 0 Å². The van der Waals surface area contributed by atoms with Gasteiger partial charge in [0.2, 0.25) is 10.0 Å². The van der Waals surface area contributed by atoms with Gasteiger partial charge in [0.05, 0.1) is 11.4 Å². The molecule has 23 heavy (non-hydrogen) atoms. The Balaban J connectivity index is 1.90. The molecule has 0 bridgehead atoms. The molecule has 2 aromatic carbocycles. The zero-order chi connectivity index (χ0) is 16.4. The first-order chi connectivity index (χ1) is 10.9. The van der Waals surface area contributed by atoms with Crippen molar-refractivity contribution < 1.29 is 12.8 Å². The van der Waals surface area contributed by atoms with Crippen molar-refractivity contribution in [2.45, 2.75) is 12.7 Å². The molecule has 0 amide bonds. The summed E-state index contributed by atoms with van der Waals surface area (Å²) in [6.45, 7) is 1.80. The Kier molecular flexibility index (Phi) is 3.92. The van der Waals surface area contributed by atoms with Gasteiger partial charge in [0.1, 0.15) is 5.58 Å². The molecule has 1 N–H and O–H groups in total. The smallest absolute Gasteiger partial charge is 0.336 e. The molecule has 6 heteroatoms. The van der Waals surface area contributed by atoms with Crippen LogP contribution in [0.5, 0.6) is 0 Å². The van der Waals surface area contributed by atoms with E-state index in [2.05, 4.69) is 4.72 Å². The van der Waals surface area contributed by atoms with Crippen LogP contribution in [0.1, 0.15) is 11.1 Å². The van der Waals surface area contributed by atoms with Crippen molar-refractivity contribution in [3.8, 4) is 0 Å². The molecule has 1 heterocycles. The fourth-order valence-electron chi connectivity index (χ4n) is 2.40. The van der Waals surface area contributed by atoms with Gasteiger partial charge >= 0.3 is 5.63 Å². The van der Waals surface area contributed by atoms with Gasteiger partial charge in [-0.15, -0.1) is 0 Å². The van der Waals surface area contributed by atoms with Gasteiger partial charge in [-0.1, -0.05) is 30.3 Å². The highest BCUT2D eigenvalue weighted by molar-refractivity contribution is 7.91. The maximum absolute atomic E-state index is 12.2. The maximum atomic E-state index is 12.2. The number of anilines is 1. The zero-order valence-electron chi connectivity index (χ0n) is 12.4. The van der Waals surface area contributed by atoms with Gasteiger partial charge < -0.3 is 4.42 Å². The molecule has 0 saturated heterocycles. The summed E-state index contributed by atoms with van der Waals surface area (Å²) in [5.74, 6) is -0.121. The van der Waals surface area contributed by atoms with Crippen LogP contribution < -0.4 is 10.3 Å². The average molecular weight is 329 g/mol. The summed E-state index contributed by atoms with van der Waals surface area (Å²) in [5, 5.41) is 0.774. The Bertz CT molecular complexity index is 1010. The molecule has 0 aliphatic carbocycles. The van der Waals surface area contributed by atoms with Crippen molar-refractivity contribution in [1.29, 1.82) is 0 Å². The van der Waals surface area contributed by atoms with E-state index < -0.39 is 15.6 Å². The Labute approximate surface area is 133 Å². The fraction of sp³-hybridized carbons (Fsp3) is 0.118. The van der Waals surface area contributed by atoms with Gasteiger partial charge in [-0.25, -0.2) is 13.2 Å². The largest absolute Gasteiger partial charge is 0.423 e. The second-order valence-electron chi connectivity index (χ2n) is 5.31. The predicted molar refractivity (Wildman–Crippen MR) is 89.9 cm³/mol. The van der Waals surface area contributed by atoms with Crippen LogP contribution in [-0.4, -0.2) is 8.42 Å². The summed E-state index contributed by atoms with van der Waals surface area (Å²) >= 11 is 0. The van der Waals surface area contributed by atoms with Gasteiger partial charge in [0.15, 0.2) is 0 Å². The third kappa shape index (κ3) is 3.60. The van der Waals surface area contributed by atoms with Crippen LogP contribution in [0.3, 0.4) is 0 Å². The molecule has 0 aliphatic rings. The summed E-state index contributed by atoms with van der Waals surface area (Å²) in [4.78, 5) is 11.4. The van der Waals surface area contributed by atoms with Gasteiger partial charge in [-0.3, -0.25) is 4.72 Å². The molecule has 5 nitrogen and oxygen atoms in total.